The van der Waals surface area contributed by atoms with E-state index in [1.807, 2.05) is 43.4 Å². The monoisotopic (exact) mass is 363 g/mol. The van der Waals surface area contributed by atoms with Crippen LogP contribution < -0.4 is 4.90 Å². The van der Waals surface area contributed by atoms with Gasteiger partial charge in [0.1, 0.15) is 12.1 Å². The molecular formula is C20H18ClN5. The van der Waals surface area contributed by atoms with Crippen LogP contribution in [-0.2, 0) is 0 Å². The molecule has 0 bridgehead atoms. The molecule has 130 valence electrons. The lowest BCUT2D eigenvalue weighted by Crippen LogP contribution is -2.19. The van der Waals surface area contributed by atoms with Gasteiger partial charge in [-0.3, -0.25) is 5.10 Å². The molecule has 0 aliphatic heterocycles. The lowest BCUT2D eigenvalue weighted by atomic mass is 9.95. The molecule has 0 saturated carbocycles. The summed E-state index contributed by atoms with van der Waals surface area (Å²) in [7, 11) is 2.03. The lowest BCUT2D eigenvalue weighted by Gasteiger charge is -2.22. The van der Waals surface area contributed by atoms with Crippen LogP contribution in [0.4, 0.5) is 5.82 Å². The summed E-state index contributed by atoms with van der Waals surface area (Å²) in [5.41, 5.74) is 3.95. The van der Waals surface area contributed by atoms with E-state index in [0.717, 1.165) is 40.0 Å². The molecule has 6 heteroatoms. The van der Waals surface area contributed by atoms with E-state index in [0.29, 0.717) is 10.8 Å². The van der Waals surface area contributed by atoms with E-state index in [2.05, 4.69) is 39.1 Å². The molecule has 2 aromatic carbocycles. The van der Waals surface area contributed by atoms with Crippen LogP contribution in [0.15, 0.2) is 54.9 Å². The van der Waals surface area contributed by atoms with Crippen LogP contribution in [0.5, 0.6) is 0 Å². The standard InChI is InChI=1S/C20H18ClN5/c1-3-26(2)20-18(19-22-12-23-25-19)17(13-7-5-4-6-8-13)15-11-14(21)9-10-16(15)24-20/h4-12H,3H2,1-2H3,(H,22,23,25). The zero-order valence-electron chi connectivity index (χ0n) is 14.6. The normalized spacial score (nSPS) is 11.0. The fourth-order valence-electron chi connectivity index (χ4n) is 3.10. The van der Waals surface area contributed by atoms with Crippen molar-refractivity contribution in [2.24, 2.45) is 0 Å². The third kappa shape index (κ3) is 2.80. The summed E-state index contributed by atoms with van der Waals surface area (Å²) < 4.78 is 0. The summed E-state index contributed by atoms with van der Waals surface area (Å²) in [5, 5.41) is 8.72. The van der Waals surface area contributed by atoms with Crippen LogP contribution in [0.1, 0.15) is 6.92 Å². The molecule has 0 unspecified atom stereocenters. The fraction of sp³-hybridized carbons (Fsp3) is 0.150. The second kappa shape index (κ2) is 6.77. The van der Waals surface area contributed by atoms with Crippen molar-refractivity contribution in [3.05, 3.63) is 59.9 Å². The molecule has 26 heavy (non-hydrogen) atoms. The smallest absolute Gasteiger partial charge is 0.159 e. The molecule has 0 atom stereocenters. The van der Waals surface area contributed by atoms with Gasteiger partial charge in [-0.2, -0.15) is 5.10 Å². The molecule has 0 spiro atoms. The van der Waals surface area contributed by atoms with E-state index in [-0.39, 0.29) is 0 Å². The Morgan fingerprint density at radius 2 is 1.88 bits per heavy atom. The number of nitrogens with one attached hydrogen (secondary N) is 1. The van der Waals surface area contributed by atoms with E-state index in [1.165, 1.54) is 6.33 Å². The Bertz CT molecular complexity index is 1040. The average Bonchev–Trinajstić information content (AvgIpc) is 3.21. The highest BCUT2D eigenvalue weighted by molar-refractivity contribution is 6.31. The van der Waals surface area contributed by atoms with Gasteiger partial charge in [0.05, 0.1) is 11.1 Å². The third-order valence-corrected chi connectivity index (χ3v) is 4.71. The van der Waals surface area contributed by atoms with Gasteiger partial charge in [-0.1, -0.05) is 41.9 Å². The Balaban J connectivity index is 2.18. The van der Waals surface area contributed by atoms with Crippen molar-refractivity contribution >= 4 is 28.3 Å². The molecule has 4 rings (SSSR count). The summed E-state index contributed by atoms with van der Waals surface area (Å²) in [4.78, 5) is 11.4. The van der Waals surface area contributed by atoms with Crippen molar-refractivity contribution in [1.29, 1.82) is 0 Å². The maximum atomic E-state index is 6.31. The van der Waals surface area contributed by atoms with Crippen molar-refractivity contribution < 1.29 is 0 Å². The molecule has 1 N–H and O–H groups in total. The Morgan fingerprint density at radius 3 is 2.58 bits per heavy atom. The number of halogens is 1. The Kier molecular flexibility index (Phi) is 4.31. The van der Waals surface area contributed by atoms with Gasteiger partial charge in [-0.05, 0) is 30.7 Å². The highest BCUT2D eigenvalue weighted by Gasteiger charge is 2.22. The van der Waals surface area contributed by atoms with Gasteiger partial charge in [0, 0.05) is 29.6 Å². The number of rotatable bonds is 4. The van der Waals surface area contributed by atoms with Gasteiger partial charge in [-0.15, -0.1) is 0 Å². The molecule has 0 amide bonds. The minimum atomic E-state index is 0.677. The van der Waals surface area contributed by atoms with Gasteiger partial charge >= 0.3 is 0 Å². The molecule has 0 saturated heterocycles. The first-order valence-electron chi connectivity index (χ1n) is 8.44. The van der Waals surface area contributed by atoms with Crippen molar-refractivity contribution in [2.45, 2.75) is 6.92 Å². The number of nitrogens with zero attached hydrogens (tertiary/aromatic N) is 4. The lowest BCUT2D eigenvalue weighted by molar-refractivity contribution is 0.943. The van der Waals surface area contributed by atoms with Crippen LogP contribution >= 0.6 is 11.6 Å². The van der Waals surface area contributed by atoms with Gasteiger partial charge in [-0.25, -0.2) is 9.97 Å². The minimum absolute atomic E-state index is 0.677. The van der Waals surface area contributed by atoms with Gasteiger partial charge in [0.25, 0.3) is 0 Å². The fourth-order valence-corrected chi connectivity index (χ4v) is 3.28. The van der Waals surface area contributed by atoms with E-state index in [1.54, 1.807) is 0 Å². The number of aromatic nitrogens is 4. The maximum Gasteiger partial charge on any atom is 0.159 e. The molecule has 0 aliphatic rings. The highest BCUT2D eigenvalue weighted by atomic mass is 35.5. The van der Waals surface area contributed by atoms with Crippen LogP contribution in [0.3, 0.4) is 0 Å². The van der Waals surface area contributed by atoms with E-state index >= 15 is 0 Å². The summed E-state index contributed by atoms with van der Waals surface area (Å²) >= 11 is 6.31. The number of H-pyrrole nitrogens is 1. The molecule has 2 aromatic heterocycles. The minimum Gasteiger partial charge on any atom is -0.359 e. The summed E-state index contributed by atoms with van der Waals surface area (Å²) in [5.74, 6) is 1.55. The Hall–Kier alpha value is -2.92. The second-order valence-electron chi connectivity index (χ2n) is 6.06. The Labute approximate surface area is 156 Å². The van der Waals surface area contributed by atoms with Crippen molar-refractivity contribution in [2.75, 3.05) is 18.5 Å². The molecule has 0 aliphatic carbocycles. The number of benzene rings is 2. The predicted molar refractivity (Wildman–Crippen MR) is 107 cm³/mol. The molecule has 4 aromatic rings. The van der Waals surface area contributed by atoms with Crippen LogP contribution in [0.2, 0.25) is 5.02 Å². The topological polar surface area (TPSA) is 57.7 Å². The van der Waals surface area contributed by atoms with Crippen molar-refractivity contribution in [3.63, 3.8) is 0 Å². The molecule has 5 nitrogen and oxygen atoms in total. The Morgan fingerprint density at radius 1 is 1.08 bits per heavy atom. The number of anilines is 1. The van der Waals surface area contributed by atoms with Crippen LogP contribution in [0, 0.1) is 0 Å². The van der Waals surface area contributed by atoms with E-state index < -0.39 is 0 Å². The summed E-state index contributed by atoms with van der Waals surface area (Å²) in [6, 6.07) is 16.0. The van der Waals surface area contributed by atoms with Gasteiger partial charge < -0.3 is 4.90 Å². The zero-order chi connectivity index (χ0) is 18.1. The van der Waals surface area contributed by atoms with Crippen LogP contribution in [-0.4, -0.2) is 33.8 Å². The maximum absolute atomic E-state index is 6.31. The molecule has 0 radical (unpaired) electrons. The van der Waals surface area contributed by atoms with Crippen molar-refractivity contribution in [3.8, 4) is 22.5 Å². The number of aromatic amines is 1. The van der Waals surface area contributed by atoms with Crippen LogP contribution in [0.25, 0.3) is 33.4 Å². The van der Waals surface area contributed by atoms with E-state index in [4.69, 9.17) is 16.6 Å². The van der Waals surface area contributed by atoms with Gasteiger partial charge in [0.2, 0.25) is 0 Å². The van der Waals surface area contributed by atoms with E-state index in [9.17, 15) is 0 Å². The first-order valence-corrected chi connectivity index (χ1v) is 8.82. The number of hydrogen-bond donors (Lipinski definition) is 1. The second-order valence-corrected chi connectivity index (χ2v) is 6.50. The number of fused-ring (bicyclic) bond motifs is 1. The van der Waals surface area contributed by atoms with Crippen molar-refractivity contribution in [1.82, 2.24) is 20.2 Å². The SMILES string of the molecule is CCN(C)c1nc2ccc(Cl)cc2c(-c2ccccc2)c1-c1ncn[nH]1. The quantitative estimate of drug-likeness (QED) is 0.566. The summed E-state index contributed by atoms with van der Waals surface area (Å²) in [6.07, 6.45) is 1.52. The molecular weight excluding hydrogens is 346 g/mol. The molecule has 0 fully saturated rings. The summed E-state index contributed by atoms with van der Waals surface area (Å²) in [6.45, 7) is 2.92. The largest absolute Gasteiger partial charge is 0.359 e. The number of hydrogen-bond acceptors (Lipinski definition) is 4. The predicted octanol–water partition coefficient (Wildman–Crippen LogP) is 4.80. The molecule has 2 heterocycles. The number of pyridine rings is 1. The zero-order valence-corrected chi connectivity index (χ0v) is 15.3. The highest BCUT2D eigenvalue weighted by Crippen LogP contribution is 2.41. The third-order valence-electron chi connectivity index (χ3n) is 4.48. The average molecular weight is 364 g/mol. The van der Waals surface area contributed by atoms with Gasteiger partial charge in [0.15, 0.2) is 5.82 Å². The first-order chi connectivity index (χ1) is 12.7. The first kappa shape index (κ1) is 16.5.